The van der Waals surface area contributed by atoms with Gasteiger partial charge in [0, 0.05) is 5.69 Å². The van der Waals surface area contributed by atoms with E-state index in [1.807, 2.05) is 13.8 Å². The molecule has 1 aromatic rings. The molecule has 6 heteroatoms. The summed E-state index contributed by atoms with van der Waals surface area (Å²) in [5.74, 6) is -1.03. The molecule has 0 bridgehead atoms. The van der Waals surface area contributed by atoms with Crippen LogP contribution in [0.15, 0.2) is 4.47 Å². The van der Waals surface area contributed by atoms with Crippen LogP contribution in [0.1, 0.15) is 11.4 Å². The van der Waals surface area contributed by atoms with Gasteiger partial charge < -0.3 is 5.11 Å². The number of carboxylic acid groups (broad SMARTS) is 1. The molecule has 1 N–H and O–H groups in total. The number of hydrogen-bond acceptors (Lipinski definition) is 2. The van der Waals surface area contributed by atoms with E-state index in [1.165, 1.54) is 0 Å². The van der Waals surface area contributed by atoms with Crippen LogP contribution in [0.5, 0.6) is 0 Å². The maximum Gasteiger partial charge on any atom is 0.323 e. The van der Waals surface area contributed by atoms with E-state index in [9.17, 15) is 4.79 Å². The van der Waals surface area contributed by atoms with Crippen molar-refractivity contribution in [3.8, 4) is 0 Å². The molecule has 0 aliphatic heterocycles. The fraction of sp³-hybridized carbons (Fsp3) is 0.500. The number of aliphatic carboxylic acids is 1. The average molecular weight is 282 g/mol. The summed E-state index contributed by atoms with van der Waals surface area (Å²) >= 11 is 8.96. The SMILES string of the molecule is Cc1nn(CC(Cl)C(=O)O)c(C)c1Br. The van der Waals surface area contributed by atoms with Crippen LogP contribution >= 0.6 is 27.5 Å². The molecule has 0 aliphatic carbocycles. The third kappa shape index (κ3) is 2.27. The van der Waals surface area contributed by atoms with Crippen LogP contribution in [0.25, 0.3) is 0 Å². The highest BCUT2D eigenvalue weighted by Crippen LogP contribution is 2.20. The monoisotopic (exact) mass is 280 g/mol. The molecule has 0 saturated heterocycles. The minimum absolute atomic E-state index is 0.176. The van der Waals surface area contributed by atoms with Crippen LogP contribution in [-0.2, 0) is 11.3 Å². The molecule has 0 spiro atoms. The van der Waals surface area contributed by atoms with E-state index in [0.717, 1.165) is 15.9 Å². The summed E-state index contributed by atoms with van der Waals surface area (Å²) in [6.45, 7) is 3.88. The zero-order valence-corrected chi connectivity index (χ0v) is 10.1. The van der Waals surface area contributed by atoms with Gasteiger partial charge >= 0.3 is 5.97 Å². The Bertz CT molecular complexity index is 364. The lowest BCUT2D eigenvalue weighted by Crippen LogP contribution is -2.21. The lowest BCUT2D eigenvalue weighted by atomic mass is 10.4. The number of carboxylic acids is 1. The Morgan fingerprint density at radius 2 is 2.29 bits per heavy atom. The number of aromatic nitrogens is 2. The van der Waals surface area contributed by atoms with Crippen LogP contribution in [0.3, 0.4) is 0 Å². The summed E-state index contributed by atoms with van der Waals surface area (Å²) in [5.41, 5.74) is 1.71. The van der Waals surface area contributed by atoms with Crippen molar-refractivity contribution in [2.24, 2.45) is 0 Å². The van der Waals surface area contributed by atoms with Gasteiger partial charge in [0.15, 0.2) is 5.38 Å². The highest BCUT2D eigenvalue weighted by Gasteiger charge is 2.17. The first-order valence-corrected chi connectivity index (χ1v) is 5.22. The average Bonchev–Trinajstić information content (AvgIpc) is 2.33. The number of nitrogens with zero attached hydrogens (tertiary/aromatic N) is 2. The predicted octanol–water partition coefficient (Wildman–Crippen LogP) is 1.95. The Morgan fingerprint density at radius 3 is 2.64 bits per heavy atom. The summed E-state index contributed by atoms with van der Waals surface area (Å²) in [7, 11) is 0. The van der Waals surface area contributed by atoms with Crippen molar-refractivity contribution in [1.29, 1.82) is 0 Å². The Balaban J connectivity index is 2.87. The van der Waals surface area contributed by atoms with Crippen molar-refractivity contribution in [3.63, 3.8) is 0 Å². The Hall–Kier alpha value is -0.550. The molecule has 1 atom stereocenters. The zero-order chi connectivity index (χ0) is 10.9. The molecule has 1 heterocycles. The largest absolute Gasteiger partial charge is 0.480 e. The second-order valence-electron chi connectivity index (χ2n) is 2.97. The van der Waals surface area contributed by atoms with Gasteiger partial charge in [0.2, 0.25) is 0 Å². The molecular weight excluding hydrogens is 271 g/mol. The molecule has 1 rings (SSSR count). The van der Waals surface area contributed by atoms with Crippen LogP contribution in [0.4, 0.5) is 0 Å². The molecule has 0 fully saturated rings. The van der Waals surface area contributed by atoms with Gasteiger partial charge in [-0.25, -0.2) is 0 Å². The summed E-state index contributed by atoms with van der Waals surface area (Å²) in [5, 5.41) is 11.8. The van der Waals surface area contributed by atoms with Crippen LogP contribution in [-0.4, -0.2) is 26.2 Å². The van der Waals surface area contributed by atoms with Crippen molar-refractivity contribution >= 4 is 33.5 Å². The fourth-order valence-electron chi connectivity index (χ4n) is 1.08. The first-order valence-electron chi connectivity index (χ1n) is 4.00. The maximum atomic E-state index is 10.5. The first-order chi connectivity index (χ1) is 6.43. The van der Waals surface area contributed by atoms with Gasteiger partial charge in [-0.2, -0.15) is 5.10 Å². The van der Waals surface area contributed by atoms with Crippen molar-refractivity contribution in [2.75, 3.05) is 0 Å². The smallest absolute Gasteiger partial charge is 0.323 e. The maximum absolute atomic E-state index is 10.5. The van der Waals surface area contributed by atoms with Gasteiger partial charge in [-0.15, -0.1) is 11.6 Å². The number of hydrogen-bond donors (Lipinski definition) is 1. The van der Waals surface area contributed by atoms with E-state index in [-0.39, 0.29) is 6.54 Å². The quantitative estimate of drug-likeness (QED) is 0.862. The molecule has 0 aromatic carbocycles. The third-order valence-corrected chi connectivity index (χ3v) is 3.37. The van der Waals surface area contributed by atoms with Crippen LogP contribution in [0, 0.1) is 13.8 Å². The number of halogens is 2. The summed E-state index contributed by atoms with van der Waals surface area (Å²) in [6.07, 6.45) is 0. The number of carbonyl (C=O) groups is 1. The molecule has 4 nitrogen and oxygen atoms in total. The fourth-order valence-corrected chi connectivity index (χ4v) is 1.50. The van der Waals surface area contributed by atoms with Gasteiger partial charge in [0.1, 0.15) is 0 Å². The molecule has 1 unspecified atom stereocenters. The number of alkyl halides is 1. The molecule has 78 valence electrons. The topological polar surface area (TPSA) is 55.1 Å². The Kier molecular flexibility index (Phi) is 3.55. The van der Waals surface area contributed by atoms with Crippen molar-refractivity contribution in [2.45, 2.75) is 25.8 Å². The third-order valence-electron chi connectivity index (χ3n) is 1.89. The van der Waals surface area contributed by atoms with Gasteiger partial charge in [-0.1, -0.05) is 0 Å². The van der Waals surface area contributed by atoms with E-state index in [4.69, 9.17) is 16.7 Å². The molecule has 14 heavy (non-hydrogen) atoms. The van der Waals surface area contributed by atoms with Gasteiger partial charge in [-0.3, -0.25) is 9.48 Å². The minimum atomic E-state index is -1.03. The minimum Gasteiger partial charge on any atom is -0.480 e. The summed E-state index contributed by atoms with van der Waals surface area (Å²) in [4.78, 5) is 10.5. The van der Waals surface area contributed by atoms with E-state index >= 15 is 0 Å². The molecule has 1 aromatic heterocycles. The molecule has 0 amide bonds. The van der Waals surface area contributed by atoms with Crippen molar-refractivity contribution in [1.82, 2.24) is 9.78 Å². The van der Waals surface area contributed by atoms with Crippen molar-refractivity contribution in [3.05, 3.63) is 15.9 Å². The van der Waals surface area contributed by atoms with Gasteiger partial charge in [0.25, 0.3) is 0 Å². The lowest BCUT2D eigenvalue weighted by Gasteiger charge is -2.06. The van der Waals surface area contributed by atoms with E-state index < -0.39 is 11.3 Å². The number of rotatable bonds is 3. The molecule has 0 aliphatic rings. The normalized spacial score (nSPS) is 12.9. The second-order valence-corrected chi connectivity index (χ2v) is 4.29. The molecule has 0 saturated carbocycles. The van der Waals surface area contributed by atoms with Gasteiger partial charge in [0.05, 0.1) is 16.7 Å². The highest BCUT2D eigenvalue weighted by atomic mass is 79.9. The van der Waals surface area contributed by atoms with Crippen LogP contribution < -0.4 is 0 Å². The summed E-state index contributed by atoms with van der Waals surface area (Å²) in [6, 6.07) is 0. The van der Waals surface area contributed by atoms with Crippen molar-refractivity contribution < 1.29 is 9.90 Å². The Labute approximate surface area is 95.0 Å². The lowest BCUT2D eigenvalue weighted by molar-refractivity contribution is -0.136. The molecule has 0 radical (unpaired) electrons. The van der Waals surface area contributed by atoms with Crippen LogP contribution in [0.2, 0.25) is 0 Å². The predicted molar refractivity (Wildman–Crippen MR) is 56.7 cm³/mol. The molecular formula is C8H10BrClN2O2. The first kappa shape index (κ1) is 11.5. The Morgan fingerprint density at radius 1 is 1.71 bits per heavy atom. The van der Waals surface area contributed by atoms with Gasteiger partial charge in [-0.05, 0) is 29.8 Å². The van der Waals surface area contributed by atoms with E-state index in [1.54, 1.807) is 4.68 Å². The zero-order valence-electron chi connectivity index (χ0n) is 7.79. The standard InChI is InChI=1S/C8H10BrClN2O2/c1-4-7(9)5(2)12(11-4)3-6(10)8(13)14/h6H,3H2,1-2H3,(H,13,14). The summed E-state index contributed by atoms with van der Waals surface area (Å²) < 4.78 is 2.48. The van der Waals surface area contributed by atoms with E-state index in [0.29, 0.717) is 0 Å². The second kappa shape index (κ2) is 4.31. The number of aryl methyl sites for hydroxylation is 1. The highest BCUT2D eigenvalue weighted by molar-refractivity contribution is 9.10. The van der Waals surface area contributed by atoms with E-state index in [2.05, 4.69) is 21.0 Å².